The highest BCUT2D eigenvalue weighted by Crippen LogP contribution is 2.20. The van der Waals surface area contributed by atoms with Gasteiger partial charge in [0.05, 0.1) is 4.90 Å². The summed E-state index contributed by atoms with van der Waals surface area (Å²) >= 11 is 3.43. The Labute approximate surface area is 153 Å². The Bertz CT molecular complexity index is 1030. The van der Waals surface area contributed by atoms with Gasteiger partial charge >= 0.3 is 0 Å². The number of benzene rings is 2. The first-order chi connectivity index (χ1) is 11.8. The zero-order chi connectivity index (χ0) is 18.0. The molecule has 0 radical (unpaired) electrons. The summed E-state index contributed by atoms with van der Waals surface area (Å²) in [5.41, 5.74) is 1.77. The molecule has 0 aliphatic heterocycles. The molecule has 0 atom stereocenters. The van der Waals surface area contributed by atoms with Gasteiger partial charge in [-0.05, 0) is 41.3 Å². The van der Waals surface area contributed by atoms with E-state index in [1.165, 1.54) is 12.1 Å². The van der Waals surface area contributed by atoms with Crippen LogP contribution in [0.15, 0.2) is 64.1 Å². The summed E-state index contributed by atoms with van der Waals surface area (Å²) in [5.74, 6) is -0.131. The summed E-state index contributed by atoms with van der Waals surface area (Å²) < 4.78 is 25.3. The number of primary sulfonamides is 1. The number of nitrogens with two attached hydrogens (primary N) is 1. The van der Waals surface area contributed by atoms with Crippen LogP contribution in [-0.4, -0.2) is 18.9 Å². The zero-order valence-electron chi connectivity index (χ0n) is 13.1. The number of amides is 1. The number of carbonyl (C=O) groups excluding carboxylic acids is 1. The minimum absolute atomic E-state index is 0.0481. The van der Waals surface area contributed by atoms with Crippen LogP contribution in [0.3, 0.4) is 0 Å². The van der Waals surface area contributed by atoms with Crippen LogP contribution in [0.4, 0.5) is 0 Å². The maximum Gasteiger partial charge on any atom is 0.240 e. The molecule has 0 bridgehead atoms. The predicted molar refractivity (Wildman–Crippen MR) is 99.3 cm³/mol. The molecule has 3 N–H and O–H groups in total. The van der Waals surface area contributed by atoms with Crippen LogP contribution >= 0.6 is 15.9 Å². The van der Waals surface area contributed by atoms with Gasteiger partial charge in [-0.15, -0.1) is 0 Å². The van der Waals surface area contributed by atoms with Gasteiger partial charge in [-0.3, -0.25) is 4.79 Å². The van der Waals surface area contributed by atoms with E-state index in [0.717, 1.165) is 20.9 Å². The number of carbonyl (C=O) groups is 1. The van der Waals surface area contributed by atoms with E-state index >= 15 is 0 Å². The molecule has 1 amide bonds. The van der Waals surface area contributed by atoms with E-state index in [4.69, 9.17) is 5.14 Å². The van der Waals surface area contributed by atoms with Gasteiger partial charge < -0.3 is 9.88 Å². The van der Waals surface area contributed by atoms with Crippen molar-refractivity contribution >= 4 is 42.8 Å². The van der Waals surface area contributed by atoms with Gasteiger partial charge in [0.1, 0.15) is 6.54 Å². The van der Waals surface area contributed by atoms with E-state index in [1.807, 2.05) is 35.0 Å². The summed E-state index contributed by atoms with van der Waals surface area (Å²) in [6.07, 6.45) is 1.87. The van der Waals surface area contributed by atoms with E-state index in [-0.39, 0.29) is 17.3 Å². The fourth-order valence-electron chi connectivity index (χ4n) is 2.50. The van der Waals surface area contributed by atoms with Crippen molar-refractivity contribution < 1.29 is 13.2 Å². The molecule has 0 aliphatic rings. The van der Waals surface area contributed by atoms with E-state index in [2.05, 4.69) is 21.2 Å². The Kier molecular flexibility index (Phi) is 4.94. The second-order valence-corrected chi connectivity index (χ2v) is 8.09. The molecule has 8 heteroatoms. The van der Waals surface area contributed by atoms with Crippen LogP contribution < -0.4 is 10.5 Å². The van der Waals surface area contributed by atoms with Gasteiger partial charge in [0.15, 0.2) is 0 Å². The molecule has 0 fully saturated rings. The predicted octanol–water partition coefficient (Wildman–Crippen LogP) is 2.37. The lowest BCUT2D eigenvalue weighted by atomic mass is 10.2. The smallest absolute Gasteiger partial charge is 0.240 e. The Morgan fingerprint density at radius 2 is 1.84 bits per heavy atom. The molecule has 0 aliphatic carbocycles. The molecule has 1 heterocycles. The lowest BCUT2D eigenvalue weighted by Crippen LogP contribution is -2.26. The first-order valence-corrected chi connectivity index (χ1v) is 9.80. The van der Waals surface area contributed by atoms with E-state index < -0.39 is 10.0 Å². The Hall–Kier alpha value is -2.16. The largest absolute Gasteiger partial charge is 0.350 e. The molecule has 2 aromatic carbocycles. The second-order valence-electron chi connectivity index (χ2n) is 5.61. The molecule has 0 spiro atoms. The number of rotatable bonds is 5. The summed E-state index contributed by atoms with van der Waals surface area (Å²) in [7, 11) is -3.70. The number of aromatic nitrogens is 1. The van der Waals surface area contributed by atoms with Crippen molar-refractivity contribution in [1.82, 2.24) is 9.88 Å². The number of fused-ring (bicyclic) bond motifs is 1. The first-order valence-electron chi connectivity index (χ1n) is 7.46. The molecule has 3 rings (SSSR count). The van der Waals surface area contributed by atoms with Crippen molar-refractivity contribution in [2.75, 3.05) is 0 Å². The number of hydrogen-bond donors (Lipinski definition) is 2. The van der Waals surface area contributed by atoms with E-state index in [0.29, 0.717) is 6.54 Å². The second kappa shape index (κ2) is 6.99. The van der Waals surface area contributed by atoms with Crippen LogP contribution in [0.5, 0.6) is 0 Å². The van der Waals surface area contributed by atoms with Crippen molar-refractivity contribution in [2.24, 2.45) is 5.14 Å². The molecule has 0 saturated carbocycles. The van der Waals surface area contributed by atoms with Gasteiger partial charge in [0, 0.05) is 22.7 Å². The number of halogens is 1. The third-order valence-electron chi connectivity index (χ3n) is 3.79. The maximum absolute atomic E-state index is 12.2. The fraction of sp³-hybridized carbons (Fsp3) is 0.118. The van der Waals surface area contributed by atoms with Crippen molar-refractivity contribution in [2.45, 2.75) is 18.0 Å². The van der Waals surface area contributed by atoms with Crippen molar-refractivity contribution in [3.05, 3.63) is 64.8 Å². The molecular weight excluding hydrogens is 406 g/mol. The topological polar surface area (TPSA) is 94.2 Å². The van der Waals surface area contributed by atoms with Gasteiger partial charge in [0.2, 0.25) is 15.9 Å². The number of sulfonamides is 1. The monoisotopic (exact) mass is 421 g/mol. The summed E-state index contributed by atoms with van der Waals surface area (Å²) in [6, 6.07) is 14.0. The molecule has 0 unspecified atom stereocenters. The Morgan fingerprint density at radius 1 is 1.12 bits per heavy atom. The maximum atomic E-state index is 12.2. The quantitative estimate of drug-likeness (QED) is 0.661. The first kappa shape index (κ1) is 17.7. The van der Waals surface area contributed by atoms with Gasteiger partial charge in [0.25, 0.3) is 0 Å². The normalized spacial score (nSPS) is 11.6. The van der Waals surface area contributed by atoms with Crippen LogP contribution in [0.1, 0.15) is 5.56 Å². The SMILES string of the molecule is NS(=O)(=O)c1ccc(CNC(=O)Cn2ccc3ccc(Br)cc32)cc1. The lowest BCUT2D eigenvalue weighted by molar-refractivity contribution is -0.121. The number of nitrogens with zero attached hydrogens (tertiary/aromatic N) is 1. The molecule has 130 valence electrons. The molecule has 6 nitrogen and oxygen atoms in total. The van der Waals surface area contributed by atoms with Crippen LogP contribution in [0.2, 0.25) is 0 Å². The summed E-state index contributed by atoms with van der Waals surface area (Å²) in [4.78, 5) is 12.2. The Balaban J connectivity index is 1.63. The van der Waals surface area contributed by atoms with Crippen LogP contribution in [0.25, 0.3) is 10.9 Å². The van der Waals surface area contributed by atoms with Gasteiger partial charge in [-0.25, -0.2) is 13.6 Å². The van der Waals surface area contributed by atoms with Crippen LogP contribution in [-0.2, 0) is 27.9 Å². The van der Waals surface area contributed by atoms with Crippen molar-refractivity contribution in [3.8, 4) is 0 Å². The van der Waals surface area contributed by atoms with Crippen molar-refractivity contribution in [3.63, 3.8) is 0 Å². The molecule has 1 aromatic heterocycles. The van der Waals surface area contributed by atoms with Crippen molar-refractivity contribution in [1.29, 1.82) is 0 Å². The van der Waals surface area contributed by atoms with E-state index in [9.17, 15) is 13.2 Å². The average molecular weight is 422 g/mol. The van der Waals surface area contributed by atoms with E-state index in [1.54, 1.807) is 12.1 Å². The summed E-state index contributed by atoms with van der Waals surface area (Å²) in [5, 5.41) is 8.94. The number of hydrogen-bond acceptors (Lipinski definition) is 3. The zero-order valence-corrected chi connectivity index (χ0v) is 15.5. The highest BCUT2D eigenvalue weighted by Gasteiger charge is 2.09. The third kappa shape index (κ3) is 4.28. The Morgan fingerprint density at radius 3 is 2.52 bits per heavy atom. The third-order valence-corrected chi connectivity index (χ3v) is 5.21. The molecule has 3 aromatic rings. The fourth-order valence-corrected chi connectivity index (χ4v) is 3.37. The number of nitrogens with one attached hydrogen (secondary N) is 1. The summed E-state index contributed by atoms with van der Waals surface area (Å²) in [6.45, 7) is 0.516. The van der Waals surface area contributed by atoms with Gasteiger partial charge in [-0.2, -0.15) is 0 Å². The highest BCUT2D eigenvalue weighted by molar-refractivity contribution is 9.10. The van der Waals surface area contributed by atoms with Crippen LogP contribution in [0, 0.1) is 0 Å². The molecule has 0 saturated heterocycles. The minimum Gasteiger partial charge on any atom is -0.350 e. The molecular formula is C17H16BrN3O3S. The standard InChI is InChI=1S/C17H16BrN3O3S/c18-14-4-3-13-7-8-21(16(13)9-14)11-17(22)20-10-12-1-5-15(6-2-12)25(19,23)24/h1-9H,10-11H2,(H,20,22)(H2,19,23,24). The minimum atomic E-state index is -3.70. The van der Waals surface area contributed by atoms with Gasteiger partial charge in [-0.1, -0.05) is 34.1 Å². The highest BCUT2D eigenvalue weighted by atomic mass is 79.9. The molecule has 25 heavy (non-hydrogen) atoms. The lowest BCUT2D eigenvalue weighted by Gasteiger charge is -2.08. The average Bonchev–Trinajstić information content (AvgIpc) is 2.95.